The van der Waals surface area contributed by atoms with Crippen LogP contribution in [0.4, 0.5) is 4.79 Å². The first-order chi connectivity index (χ1) is 11.2. The summed E-state index contributed by atoms with van der Waals surface area (Å²) in [5.41, 5.74) is 0.493. The van der Waals surface area contributed by atoms with Crippen LogP contribution >= 0.6 is 15.9 Å². The van der Waals surface area contributed by atoms with Crippen LogP contribution in [0.25, 0.3) is 0 Å². The molecule has 1 heterocycles. The minimum atomic E-state index is -0.559. The highest BCUT2D eigenvalue weighted by molar-refractivity contribution is 9.10. The molecular formula is C18H25BrN2O3. The second kappa shape index (κ2) is 7.55. The van der Waals surface area contributed by atoms with Crippen LogP contribution in [0.2, 0.25) is 0 Å². The van der Waals surface area contributed by atoms with Crippen molar-refractivity contribution < 1.29 is 14.3 Å². The average molecular weight is 397 g/mol. The number of likely N-dealkylation sites (tertiary alicyclic amines) is 1. The molecular weight excluding hydrogens is 372 g/mol. The molecule has 0 bridgehead atoms. The Morgan fingerprint density at radius 2 is 1.92 bits per heavy atom. The molecule has 1 aliphatic rings. The zero-order chi connectivity index (χ0) is 17.9. The Morgan fingerprint density at radius 1 is 1.29 bits per heavy atom. The lowest BCUT2D eigenvalue weighted by atomic mass is 10.1. The third kappa shape index (κ3) is 4.97. The zero-order valence-electron chi connectivity index (χ0n) is 14.7. The Morgan fingerprint density at radius 3 is 2.50 bits per heavy atom. The highest BCUT2D eigenvalue weighted by Gasteiger charge is 2.37. The fourth-order valence-corrected chi connectivity index (χ4v) is 3.02. The minimum absolute atomic E-state index is 0.0405. The van der Waals surface area contributed by atoms with Crippen LogP contribution < -0.4 is 0 Å². The largest absolute Gasteiger partial charge is 0.444 e. The fourth-order valence-electron chi connectivity index (χ4n) is 2.76. The summed E-state index contributed by atoms with van der Waals surface area (Å²) in [6.07, 6.45) is 1.10. The lowest BCUT2D eigenvalue weighted by Crippen LogP contribution is -2.47. The third-order valence-corrected chi connectivity index (χ3v) is 4.40. The first kappa shape index (κ1) is 18.8. The summed E-state index contributed by atoms with van der Waals surface area (Å²) in [7, 11) is 1.77. The topological polar surface area (TPSA) is 49.9 Å². The highest BCUT2D eigenvalue weighted by atomic mass is 79.9. The van der Waals surface area contributed by atoms with Gasteiger partial charge >= 0.3 is 6.09 Å². The van der Waals surface area contributed by atoms with Gasteiger partial charge in [0.25, 0.3) is 0 Å². The number of likely N-dealkylation sites (N-methyl/N-ethyl adjacent to an activating group) is 1. The van der Waals surface area contributed by atoms with E-state index in [1.165, 1.54) is 0 Å². The molecule has 0 spiro atoms. The zero-order valence-corrected chi connectivity index (χ0v) is 16.3. The summed E-state index contributed by atoms with van der Waals surface area (Å²) in [6, 6.07) is 7.44. The standard InChI is InChI=1S/C18H25BrN2O3/c1-18(2,3)24-17(23)21-11-5-6-15(21)16(22)20(4)12-13-7-9-14(19)10-8-13/h7-10,15H,5-6,11-12H2,1-4H3/t15-/m1/s1. The number of ether oxygens (including phenoxy) is 1. The second-order valence-corrected chi connectivity index (χ2v) is 8.07. The predicted molar refractivity (Wildman–Crippen MR) is 96.6 cm³/mol. The van der Waals surface area contributed by atoms with Gasteiger partial charge in [-0.1, -0.05) is 28.1 Å². The third-order valence-electron chi connectivity index (χ3n) is 3.88. The fraction of sp³-hybridized carbons (Fsp3) is 0.556. The van der Waals surface area contributed by atoms with E-state index in [0.29, 0.717) is 19.5 Å². The van der Waals surface area contributed by atoms with Crippen molar-refractivity contribution >= 4 is 27.9 Å². The van der Waals surface area contributed by atoms with Crippen molar-refractivity contribution in [3.05, 3.63) is 34.3 Å². The Hall–Kier alpha value is -1.56. The van der Waals surface area contributed by atoms with Crippen molar-refractivity contribution in [3.63, 3.8) is 0 Å². The number of amides is 2. The molecule has 1 saturated heterocycles. The van der Waals surface area contributed by atoms with Crippen LogP contribution in [-0.2, 0) is 16.1 Å². The van der Waals surface area contributed by atoms with E-state index in [0.717, 1.165) is 16.5 Å². The maximum absolute atomic E-state index is 12.8. The number of carbonyl (C=O) groups excluding carboxylic acids is 2. The van der Waals surface area contributed by atoms with Gasteiger partial charge in [0, 0.05) is 24.6 Å². The molecule has 0 saturated carbocycles. The van der Waals surface area contributed by atoms with Crippen LogP contribution in [-0.4, -0.2) is 47.0 Å². The molecule has 1 atom stereocenters. The molecule has 1 aromatic carbocycles. The summed E-state index contributed by atoms with van der Waals surface area (Å²) < 4.78 is 6.43. The summed E-state index contributed by atoms with van der Waals surface area (Å²) in [4.78, 5) is 28.3. The Kier molecular flexibility index (Phi) is 5.91. The van der Waals surface area contributed by atoms with Gasteiger partial charge in [0.2, 0.25) is 5.91 Å². The molecule has 6 heteroatoms. The number of carbonyl (C=O) groups is 2. The van der Waals surface area contributed by atoms with Crippen molar-refractivity contribution in [2.75, 3.05) is 13.6 Å². The first-order valence-corrected chi connectivity index (χ1v) is 8.96. The monoisotopic (exact) mass is 396 g/mol. The molecule has 0 N–H and O–H groups in total. The number of hydrogen-bond acceptors (Lipinski definition) is 3. The second-order valence-electron chi connectivity index (χ2n) is 7.15. The molecule has 24 heavy (non-hydrogen) atoms. The molecule has 2 amide bonds. The number of rotatable bonds is 3. The number of nitrogens with zero attached hydrogens (tertiary/aromatic N) is 2. The Balaban J connectivity index is 2.01. The molecule has 1 aromatic rings. The molecule has 0 aliphatic carbocycles. The lowest BCUT2D eigenvalue weighted by molar-refractivity contribution is -0.135. The van der Waals surface area contributed by atoms with Crippen LogP contribution in [0.3, 0.4) is 0 Å². The number of hydrogen-bond donors (Lipinski definition) is 0. The van der Waals surface area contributed by atoms with Gasteiger partial charge in [0.15, 0.2) is 0 Å². The van der Waals surface area contributed by atoms with Crippen LogP contribution in [0.1, 0.15) is 39.2 Å². The van der Waals surface area contributed by atoms with E-state index in [1.54, 1.807) is 16.8 Å². The van der Waals surface area contributed by atoms with Gasteiger partial charge in [-0.15, -0.1) is 0 Å². The number of benzene rings is 1. The maximum atomic E-state index is 12.8. The quantitative estimate of drug-likeness (QED) is 0.780. The van der Waals surface area contributed by atoms with E-state index in [1.807, 2.05) is 45.0 Å². The smallest absolute Gasteiger partial charge is 0.410 e. The maximum Gasteiger partial charge on any atom is 0.410 e. The molecule has 0 unspecified atom stereocenters. The van der Waals surface area contributed by atoms with Gasteiger partial charge in [-0.3, -0.25) is 9.69 Å². The summed E-state index contributed by atoms with van der Waals surface area (Å²) in [5.74, 6) is -0.0405. The Labute approximate surface area is 152 Å². The van der Waals surface area contributed by atoms with Gasteiger partial charge in [0.1, 0.15) is 11.6 Å². The van der Waals surface area contributed by atoms with E-state index in [4.69, 9.17) is 4.74 Å². The summed E-state index contributed by atoms with van der Waals surface area (Å²) in [6.45, 7) is 6.58. The van der Waals surface area contributed by atoms with Gasteiger partial charge in [-0.05, 0) is 51.3 Å². The molecule has 2 rings (SSSR count). The van der Waals surface area contributed by atoms with E-state index in [2.05, 4.69) is 15.9 Å². The molecule has 0 aromatic heterocycles. The lowest BCUT2D eigenvalue weighted by Gasteiger charge is -2.30. The van der Waals surface area contributed by atoms with Gasteiger partial charge in [-0.25, -0.2) is 4.79 Å². The van der Waals surface area contributed by atoms with E-state index >= 15 is 0 Å². The minimum Gasteiger partial charge on any atom is -0.444 e. The van der Waals surface area contributed by atoms with Crippen molar-refractivity contribution in [1.29, 1.82) is 0 Å². The highest BCUT2D eigenvalue weighted by Crippen LogP contribution is 2.23. The summed E-state index contributed by atoms with van der Waals surface area (Å²) in [5, 5.41) is 0. The normalized spacial score (nSPS) is 17.7. The first-order valence-electron chi connectivity index (χ1n) is 8.16. The van der Waals surface area contributed by atoms with E-state index in [9.17, 15) is 9.59 Å². The van der Waals surface area contributed by atoms with E-state index < -0.39 is 17.7 Å². The van der Waals surface area contributed by atoms with Crippen LogP contribution in [0, 0.1) is 0 Å². The van der Waals surface area contributed by atoms with Gasteiger partial charge in [0.05, 0.1) is 0 Å². The molecule has 132 valence electrons. The predicted octanol–water partition coefficient (Wildman–Crippen LogP) is 3.81. The Bertz CT molecular complexity index is 595. The van der Waals surface area contributed by atoms with Crippen LogP contribution in [0.5, 0.6) is 0 Å². The van der Waals surface area contributed by atoms with Crippen molar-refractivity contribution in [3.8, 4) is 0 Å². The van der Waals surface area contributed by atoms with E-state index in [-0.39, 0.29) is 5.91 Å². The SMILES string of the molecule is CN(Cc1ccc(Br)cc1)C(=O)[C@H]1CCCN1C(=O)OC(C)(C)C. The molecule has 5 nitrogen and oxygen atoms in total. The molecule has 1 aliphatic heterocycles. The van der Waals surface area contributed by atoms with Crippen molar-refractivity contribution in [1.82, 2.24) is 9.80 Å². The van der Waals surface area contributed by atoms with Crippen LogP contribution in [0.15, 0.2) is 28.7 Å². The number of halogens is 1. The van der Waals surface area contributed by atoms with Gasteiger partial charge in [-0.2, -0.15) is 0 Å². The van der Waals surface area contributed by atoms with Crippen molar-refractivity contribution in [2.45, 2.75) is 51.8 Å². The van der Waals surface area contributed by atoms with Crippen molar-refractivity contribution in [2.24, 2.45) is 0 Å². The van der Waals surface area contributed by atoms with Gasteiger partial charge < -0.3 is 9.64 Å². The molecule has 1 fully saturated rings. The molecule has 0 radical (unpaired) electrons. The summed E-state index contributed by atoms with van der Waals surface area (Å²) >= 11 is 3.40. The average Bonchev–Trinajstić information content (AvgIpc) is 2.96.